The van der Waals surface area contributed by atoms with Crippen LogP contribution in [-0.4, -0.2) is 39.4 Å². The lowest BCUT2D eigenvalue weighted by Gasteiger charge is -2.29. The number of rotatable bonds is 3. The smallest absolute Gasteiger partial charge is 0.338 e. The highest BCUT2D eigenvalue weighted by Crippen LogP contribution is 2.30. The van der Waals surface area contributed by atoms with Crippen LogP contribution in [0.3, 0.4) is 0 Å². The highest BCUT2D eigenvalue weighted by molar-refractivity contribution is 5.89. The number of nitriles is 3. The molecule has 0 amide bonds. The Morgan fingerprint density at radius 2 is 1.28 bits per heavy atom. The van der Waals surface area contributed by atoms with Crippen LogP contribution in [0.15, 0.2) is 24.3 Å². The van der Waals surface area contributed by atoms with Gasteiger partial charge in [0.15, 0.2) is 0 Å². The van der Waals surface area contributed by atoms with Crippen molar-refractivity contribution in [3.63, 3.8) is 0 Å². The Labute approximate surface area is 185 Å². The van der Waals surface area contributed by atoms with E-state index in [1.165, 1.54) is 24.3 Å². The summed E-state index contributed by atoms with van der Waals surface area (Å²) in [6, 6.07) is 11.5. The minimum atomic E-state index is -0.529. The fourth-order valence-corrected chi connectivity index (χ4v) is 3.09. The number of nitro benzene ring substituents is 1. The second kappa shape index (κ2) is 11.8. The summed E-state index contributed by atoms with van der Waals surface area (Å²) < 4.78 is 5.14. The molecule has 2 N–H and O–H groups in total. The zero-order valence-corrected chi connectivity index (χ0v) is 17.3. The SMILES string of the molecule is N#CC1CC(O)C1.N#CC1CC(O)C1.N#CC1CC(OC(=O)c2ccc([N+](=O)[O-])cc2)C1. The Kier molecular flexibility index (Phi) is 9.09. The number of nitrogens with zero attached hydrogens (tertiary/aromatic N) is 4. The molecule has 0 aromatic heterocycles. The monoisotopic (exact) mass is 440 g/mol. The molecular formula is C22H24N4O6. The van der Waals surface area contributed by atoms with Gasteiger partial charge in [0.25, 0.3) is 5.69 Å². The zero-order valence-electron chi connectivity index (χ0n) is 17.3. The van der Waals surface area contributed by atoms with Gasteiger partial charge in [0.1, 0.15) is 6.10 Å². The normalized spacial score (nSPS) is 29.1. The van der Waals surface area contributed by atoms with Crippen LogP contribution in [0.25, 0.3) is 0 Å². The highest BCUT2D eigenvalue weighted by atomic mass is 16.6. The van der Waals surface area contributed by atoms with Crippen LogP contribution in [0.2, 0.25) is 0 Å². The molecule has 1 aromatic carbocycles. The van der Waals surface area contributed by atoms with Crippen LogP contribution in [0.4, 0.5) is 5.69 Å². The van der Waals surface area contributed by atoms with Crippen LogP contribution in [0.5, 0.6) is 0 Å². The number of non-ortho nitro benzene ring substituents is 1. The number of esters is 1. The topological polar surface area (TPSA) is 181 Å². The number of carbonyl (C=O) groups excluding carboxylic acids is 1. The summed E-state index contributed by atoms with van der Waals surface area (Å²) >= 11 is 0. The molecular weight excluding hydrogens is 416 g/mol. The van der Waals surface area contributed by atoms with E-state index < -0.39 is 10.9 Å². The minimum absolute atomic E-state index is 0.0281. The quantitative estimate of drug-likeness (QED) is 0.405. The van der Waals surface area contributed by atoms with E-state index in [1.54, 1.807) is 0 Å². The van der Waals surface area contributed by atoms with Crippen molar-refractivity contribution in [2.45, 2.75) is 56.8 Å². The van der Waals surface area contributed by atoms with Gasteiger partial charge in [0, 0.05) is 25.0 Å². The van der Waals surface area contributed by atoms with E-state index in [1.807, 2.05) is 0 Å². The van der Waals surface area contributed by atoms with E-state index >= 15 is 0 Å². The van der Waals surface area contributed by atoms with Gasteiger partial charge in [-0.15, -0.1) is 0 Å². The van der Waals surface area contributed by atoms with Gasteiger partial charge in [-0.3, -0.25) is 10.1 Å². The van der Waals surface area contributed by atoms with E-state index in [0.717, 1.165) is 0 Å². The second-order valence-electron chi connectivity index (χ2n) is 8.03. The number of aliphatic hydroxyl groups is 2. The number of hydrogen-bond acceptors (Lipinski definition) is 9. The predicted octanol–water partition coefficient (Wildman–Crippen LogP) is 2.62. The second-order valence-corrected chi connectivity index (χ2v) is 8.03. The Morgan fingerprint density at radius 1 is 0.875 bits per heavy atom. The van der Waals surface area contributed by atoms with Crippen molar-refractivity contribution in [3.05, 3.63) is 39.9 Å². The maximum Gasteiger partial charge on any atom is 0.338 e. The largest absolute Gasteiger partial charge is 0.459 e. The summed E-state index contributed by atoms with van der Waals surface area (Å²) in [5.41, 5.74) is 0.209. The van der Waals surface area contributed by atoms with Crippen molar-refractivity contribution >= 4 is 11.7 Å². The van der Waals surface area contributed by atoms with Crippen molar-refractivity contribution in [3.8, 4) is 18.2 Å². The lowest BCUT2D eigenvalue weighted by Crippen LogP contribution is -2.32. The third-order valence-corrected chi connectivity index (χ3v) is 5.46. The number of aliphatic hydroxyl groups excluding tert-OH is 2. The van der Waals surface area contributed by atoms with Gasteiger partial charge in [0.05, 0.1) is 58.7 Å². The molecule has 1 aromatic rings. The van der Waals surface area contributed by atoms with Gasteiger partial charge in [-0.05, 0) is 37.8 Å². The first-order valence-electron chi connectivity index (χ1n) is 10.3. The van der Waals surface area contributed by atoms with Crippen LogP contribution in [0.1, 0.15) is 48.9 Å². The Bertz CT molecular complexity index is 884. The summed E-state index contributed by atoms with van der Waals surface area (Å²) in [7, 11) is 0. The van der Waals surface area contributed by atoms with Gasteiger partial charge >= 0.3 is 5.97 Å². The third-order valence-electron chi connectivity index (χ3n) is 5.46. The van der Waals surface area contributed by atoms with E-state index in [9.17, 15) is 14.9 Å². The van der Waals surface area contributed by atoms with E-state index in [4.69, 9.17) is 30.7 Å². The molecule has 0 aliphatic heterocycles. The molecule has 10 nitrogen and oxygen atoms in total. The molecule has 0 atom stereocenters. The maximum absolute atomic E-state index is 11.6. The highest BCUT2D eigenvalue weighted by Gasteiger charge is 2.32. The molecule has 168 valence electrons. The van der Waals surface area contributed by atoms with Crippen molar-refractivity contribution in [2.24, 2.45) is 17.8 Å². The molecule has 0 bridgehead atoms. The summed E-state index contributed by atoms with van der Waals surface area (Å²) in [5.74, 6) is -0.240. The first-order chi connectivity index (χ1) is 15.2. The van der Waals surface area contributed by atoms with Crippen LogP contribution < -0.4 is 0 Å². The van der Waals surface area contributed by atoms with Gasteiger partial charge < -0.3 is 14.9 Å². The van der Waals surface area contributed by atoms with Crippen LogP contribution >= 0.6 is 0 Å². The minimum Gasteiger partial charge on any atom is -0.459 e. The van der Waals surface area contributed by atoms with Crippen molar-refractivity contribution in [1.82, 2.24) is 0 Å². The lowest BCUT2D eigenvalue weighted by molar-refractivity contribution is -0.384. The number of ether oxygens (including phenoxy) is 1. The molecule has 10 heteroatoms. The Morgan fingerprint density at radius 3 is 1.59 bits per heavy atom. The molecule has 3 saturated carbocycles. The standard InChI is InChI=1S/C12H10N2O4.2C5H7NO/c13-7-8-5-11(6-8)18-12(15)9-1-3-10(4-2-9)14(16)17;2*6-3-4-1-5(7)2-4/h1-4,8,11H,5-6H2;2*4-5,7H,1-2H2. The van der Waals surface area contributed by atoms with Gasteiger partial charge in [-0.2, -0.15) is 15.8 Å². The van der Waals surface area contributed by atoms with Gasteiger partial charge in [-0.25, -0.2) is 4.79 Å². The number of nitro groups is 1. The van der Waals surface area contributed by atoms with Crippen LogP contribution in [-0.2, 0) is 4.74 Å². The molecule has 3 fully saturated rings. The molecule has 3 aliphatic carbocycles. The first kappa shape index (κ1) is 24.7. The summed E-state index contributed by atoms with van der Waals surface area (Å²) in [5, 5.41) is 52.5. The molecule has 4 rings (SSSR count). The summed E-state index contributed by atoms with van der Waals surface area (Å²) in [4.78, 5) is 21.6. The first-order valence-corrected chi connectivity index (χ1v) is 10.3. The predicted molar refractivity (Wildman–Crippen MR) is 109 cm³/mol. The van der Waals surface area contributed by atoms with Crippen molar-refractivity contribution < 1.29 is 24.7 Å². The molecule has 0 heterocycles. The molecule has 0 unspecified atom stereocenters. The van der Waals surface area contributed by atoms with Gasteiger partial charge in [0.2, 0.25) is 0 Å². The average Bonchev–Trinajstić information content (AvgIpc) is 2.72. The molecule has 32 heavy (non-hydrogen) atoms. The summed E-state index contributed by atoms with van der Waals surface area (Å²) in [6.45, 7) is 0. The van der Waals surface area contributed by atoms with E-state index in [2.05, 4.69) is 18.2 Å². The summed E-state index contributed by atoms with van der Waals surface area (Å²) in [6.07, 6.45) is 3.33. The number of benzene rings is 1. The molecule has 0 saturated heterocycles. The zero-order chi connectivity index (χ0) is 23.7. The molecule has 0 radical (unpaired) electrons. The Hall–Kier alpha value is -3.52. The van der Waals surface area contributed by atoms with E-state index in [0.29, 0.717) is 38.5 Å². The average molecular weight is 440 g/mol. The maximum atomic E-state index is 11.6. The Balaban J connectivity index is 0.000000211. The van der Waals surface area contributed by atoms with Gasteiger partial charge in [-0.1, -0.05) is 0 Å². The fraction of sp³-hybridized carbons (Fsp3) is 0.545. The van der Waals surface area contributed by atoms with E-state index in [-0.39, 0.29) is 47.3 Å². The fourth-order valence-electron chi connectivity index (χ4n) is 3.09. The molecule has 3 aliphatic rings. The number of hydrogen-bond donors (Lipinski definition) is 2. The lowest BCUT2D eigenvalue weighted by atomic mass is 9.83. The molecule has 0 spiro atoms. The third kappa shape index (κ3) is 7.31. The van der Waals surface area contributed by atoms with Crippen molar-refractivity contribution in [2.75, 3.05) is 0 Å². The number of carbonyl (C=O) groups is 1. The van der Waals surface area contributed by atoms with Crippen molar-refractivity contribution in [1.29, 1.82) is 15.8 Å². The van der Waals surface area contributed by atoms with Crippen LogP contribution in [0, 0.1) is 61.9 Å².